The van der Waals surface area contributed by atoms with Crippen LogP contribution in [0, 0.1) is 5.82 Å². The molecule has 0 spiro atoms. The molecule has 0 bridgehead atoms. The van der Waals surface area contributed by atoms with Crippen LogP contribution < -0.4 is 14.2 Å². The molecule has 0 aliphatic heterocycles. The minimum Gasteiger partial charge on any atom is -0.494 e. The van der Waals surface area contributed by atoms with E-state index in [1.165, 1.54) is 32.0 Å². The topological polar surface area (TPSA) is 139 Å². The van der Waals surface area contributed by atoms with Crippen LogP contribution in [0.25, 0.3) is 17.2 Å². The number of aromatic nitrogens is 5. The fourth-order valence-corrected chi connectivity index (χ4v) is 5.03. The number of hydrogen-bond acceptors (Lipinski definition) is 10. The Morgan fingerprint density at radius 2 is 1.68 bits per heavy atom. The highest BCUT2D eigenvalue weighted by atomic mass is 32.2. The molecule has 0 aliphatic carbocycles. The van der Waals surface area contributed by atoms with Crippen molar-refractivity contribution >= 4 is 9.84 Å². The van der Waals surface area contributed by atoms with Crippen LogP contribution in [0.5, 0.6) is 17.4 Å². The fraction of sp³-hybridized carbons (Fsp3) is 0.250. The maximum atomic E-state index is 13.2. The second kappa shape index (κ2) is 10.9. The summed E-state index contributed by atoms with van der Waals surface area (Å²) in [6, 6.07) is 12.4. The summed E-state index contributed by atoms with van der Waals surface area (Å²) in [6.45, 7) is 0. The maximum Gasteiger partial charge on any atom is 0.213 e. The highest BCUT2D eigenvalue weighted by Gasteiger charge is 2.28. The van der Waals surface area contributed by atoms with Gasteiger partial charge < -0.3 is 19.3 Å². The van der Waals surface area contributed by atoms with Gasteiger partial charge in [0.2, 0.25) is 5.88 Å². The molecule has 1 N–H and O–H groups in total. The predicted octanol–water partition coefficient (Wildman–Crippen LogP) is 2.54. The Morgan fingerprint density at radius 1 is 0.973 bits per heavy atom. The molecule has 0 saturated carbocycles. The second-order valence-electron chi connectivity index (χ2n) is 7.82. The lowest BCUT2D eigenvalue weighted by molar-refractivity contribution is 0.196. The number of aliphatic hydroxyl groups is 1. The van der Waals surface area contributed by atoms with E-state index >= 15 is 0 Å². The Bertz CT molecular complexity index is 1470. The van der Waals surface area contributed by atoms with Gasteiger partial charge in [-0.3, -0.25) is 9.55 Å². The van der Waals surface area contributed by atoms with E-state index in [4.69, 9.17) is 14.2 Å². The largest absolute Gasteiger partial charge is 0.494 e. The number of halogens is 1. The molecular weight excluding hydrogens is 505 g/mol. The normalized spacial score (nSPS) is 12.2. The molecule has 0 unspecified atom stereocenters. The molecule has 13 heteroatoms. The van der Waals surface area contributed by atoms with Gasteiger partial charge in [0.25, 0.3) is 0 Å². The number of sulfone groups is 1. The highest BCUT2D eigenvalue weighted by molar-refractivity contribution is 7.90. The van der Waals surface area contributed by atoms with E-state index in [0.29, 0.717) is 28.8 Å². The van der Waals surface area contributed by atoms with E-state index in [9.17, 15) is 17.9 Å². The second-order valence-corrected chi connectivity index (χ2v) is 9.93. The van der Waals surface area contributed by atoms with Gasteiger partial charge in [-0.15, -0.1) is 10.2 Å². The van der Waals surface area contributed by atoms with Crippen molar-refractivity contribution in [3.8, 4) is 34.6 Å². The molecule has 11 nitrogen and oxygen atoms in total. The first-order valence-electron chi connectivity index (χ1n) is 10.9. The molecule has 0 amide bonds. The van der Waals surface area contributed by atoms with E-state index in [2.05, 4.69) is 20.2 Å². The van der Waals surface area contributed by atoms with Crippen LogP contribution >= 0.6 is 0 Å². The highest BCUT2D eigenvalue weighted by Crippen LogP contribution is 2.36. The number of rotatable bonds is 10. The van der Waals surface area contributed by atoms with Crippen LogP contribution in [-0.2, 0) is 15.6 Å². The SMILES string of the molecule is COc1cccc(-c2nnc(CS(=O)(=O)C[C@@H](O)c3ccc(F)cn3)n2-c2c(OC)cccc2OC)n1. The lowest BCUT2D eigenvalue weighted by Gasteiger charge is -2.17. The quantitative estimate of drug-likeness (QED) is 0.326. The van der Waals surface area contributed by atoms with E-state index < -0.39 is 33.3 Å². The molecule has 1 aromatic carbocycles. The van der Waals surface area contributed by atoms with Crippen molar-refractivity contribution < 1.29 is 32.1 Å². The fourth-order valence-electron chi connectivity index (χ4n) is 3.68. The van der Waals surface area contributed by atoms with Crippen molar-refractivity contribution in [3.63, 3.8) is 0 Å². The number of nitrogens with zero attached hydrogens (tertiary/aromatic N) is 5. The van der Waals surface area contributed by atoms with Gasteiger partial charge in [-0.05, 0) is 30.3 Å². The van der Waals surface area contributed by atoms with Gasteiger partial charge in [0, 0.05) is 6.07 Å². The van der Waals surface area contributed by atoms with Gasteiger partial charge in [-0.25, -0.2) is 17.8 Å². The molecule has 194 valence electrons. The van der Waals surface area contributed by atoms with E-state index in [-0.39, 0.29) is 17.3 Å². The van der Waals surface area contributed by atoms with Crippen LogP contribution in [-0.4, -0.2) is 65.3 Å². The Morgan fingerprint density at radius 3 is 2.30 bits per heavy atom. The molecule has 1 atom stereocenters. The summed E-state index contributed by atoms with van der Waals surface area (Å²) >= 11 is 0. The third-order valence-electron chi connectivity index (χ3n) is 5.37. The summed E-state index contributed by atoms with van der Waals surface area (Å²) in [5, 5.41) is 18.8. The predicted molar refractivity (Wildman–Crippen MR) is 131 cm³/mol. The Hall–Kier alpha value is -4.10. The summed E-state index contributed by atoms with van der Waals surface area (Å²) in [4.78, 5) is 8.17. The molecule has 37 heavy (non-hydrogen) atoms. The third-order valence-corrected chi connectivity index (χ3v) is 6.89. The summed E-state index contributed by atoms with van der Waals surface area (Å²) in [5.74, 6) is -0.554. The zero-order valence-electron chi connectivity index (χ0n) is 20.2. The van der Waals surface area contributed by atoms with Crippen LogP contribution in [0.1, 0.15) is 17.6 Å². The number of benzene rings is 1. The number of aliphatic hydroxyl groups excluding tert-OH is 1. The zero-order valence-corrected chi connectivity index (χ0v) is 21.0. The first-order valence-corrected chi connectivity index (χ1v) is 12.8. The van der Waals surface area contributed by atoms with Gasteiger partial charge in [-0.2, -0.15) is 0 Å². The number of hydrogen-bond donors (Lipinski definition) is 1. The minimum atomic E-state index is -3.98. The summed E-state index contributed by atoms with van der Waals surface area (Å²) in [5.41, 5.74) is 0.751. The molecule has 3 heterocycles. The average molecular weight is 530 g/mol. The van der Waals surface area contributed by atoms with Gasteiger partial charge in [-0.1, -0.05) is 12.1 Å². The monoisotopic (exact) mass is 529 g/mol. The molecular formula is C24H24FN5O6S. The molecule has 4 aromatic rings. The van der Waals surface area contributed by atoms with Crippen molar-refractivity contribution in [1.29, 1.82) is 0 Å². The van der Waals surface area contributed by atoms with Crippen molar-refractivity contribution in [2.75, 3.05) is 27.1 Å². The smallest absolute Gasteiger partial charge is 0.213 e. The zero-order chi connectivity index (χ0) is 26.6. The van der Waals surface area contributed by atoms with E-state index in [1.54, 1.807) is 36.4 Å². The lowest BCUT2D eigenvalue weighted by Crippen LogP contribution is -2.19. The molecule has 4 rings (SSSR count). The third kappa shape index (κ3) is 5.67. The Kier molecular flexibility index (Phi) is 7.64. The molecule has 0 fully saturated rings. The number of ether oxygens (including phenoxy) is 3. The first kappa shape index (κ1) is 26.0. The van der Waals surface area contributed by atoms with Gasteiger partial charge in [0.15, 0.2) is 21.5 Å². The van der Waals surface area contributed by atoms with Crippen molar-refractivity contribution in [2.24, 2.45) is 0 Å². The number of para-hydroxylation sites is 1. The van der Waals surface area contributed by atoms with Gasteiger partial charge in [0.1, 0.15) is 40.6 Å². The number of methoxy groups -OCH3 is 3. The van der Waals surface area contributed by atoms with Crippen molar-refractivity contribution in [2.45, 2.75) is 11.9 Å². The van der Waals surface area contributed by atoms with E-state index in [1.807, 2.05) is 0 Å². The Labute approximate surface area is 212 Å². The summed E-state index contributed by atoms with van der Waals surface area (Å²) < 4.78 is 57.3. The minimum absolute atomic E-state index is 0.0270. The van der Waals surface area contributed by atoms with Gasteiger partial charge in [0.05, 0.1) is 39.0 Å². The number of pyridine rings is 2. The maximum absolute atomic E-state index is 13.2. The summed E-state index contributed by atoms with van der Waals surface area (Å²) in [7, 11) is 0.428. The van der Waals surface area contributed by atoms with Crippen LogP contribution in [0.4, 0.5) is 4.39 Å². The van der Waals surface area contributed by atoms with E-state index in [0.717, 1.165) is 12.3 Å². The molecule has 0 radical (unpaired) electrons. The molecule has 0 saturated heterocycles. The van der Waals surface area contributed by atoms with Crippen LogP contribution in [0.3, 0.4) is 0 Å². The first-order chi connectivity index (χ1) is 17.8. The van der Waals surface area contributed by atoms with Crippen molar-refractivity contribution in [3.05, 3.63) is 72.1 Å². The summed E-state index contributed by atoms with van der Waals surface area (Å²) in [6.07, 6.45) is -0.564. The Balaban J connectivity index is 1.80. The van der Waals surface area contributed by atoms with Gasteiger partial charge >= 0.3 is 0 Å². The van der Waals surface area contributed by atoms with Crippen molar-refractivity contribution in [1.82, 2.24) is 24.7 Å². The molecule has 0 aliphatic rings. The van der Waals surface area contributed by atoms with Crippen LogP contribution in [0.2, 0.25) is 0 Å². The van der Waals surface area contributed by atoms with Crippen LogP contribution in [0.15, 0.2) is 54.7 Å². The lowest BCUT2D eigenvalue weighted by atomic mass is 10.2. The average Bonchev–Trinajstić information content (AvgIpc) is 3.30. The standard InChI is InChI=1S/C24H24FN5O6S/c1-34-19-7-5-8-20(35-2)23(19)30-21(28-29-24(30)17-6-4-9-22(27-17)36-3)14-37(32,33)13-18(31)16-11-10-15(25)12-26-16/h4-12,18,31H,13-14H2,1-3H3/t18-/m1/s1. The molecule has 3 aromatic heterocycles.